The largest absolute Gasteiger partial charge is 0.546 e. The summed E-state index contributed by atoms with van der Waals surface area (Å²) in [5, 5.41) is 31.4. The van der Waals surface area contributed by atoms with Crippen LogP contribution in [0.15, 0.2) is 297 Å². The van der Waals surface area contributed by atoms with E-state index in [1.165, 1.54) is 129 Å². The summed E-state index contributed by atoms with van der Waals surface area (Å²) in [6, 6.07) is 116. The average Bonchev–Trinajstić information content (AvgIpc) is 3.74. The zero-order valence-corrected chi connectivity index (χ0v) is 46.9. The molecule has 0 aliphatic heterocycles. The predicted molar refractivity (Wildman–Crippen MR) is 347 cm³/mol. The molecule has 0 saturated carbocycles. The van der Waals surface area contributed by atoms with E-state index in [-0.39, 0.29) is 20.4 Å². The molecule has 1 unspecified atom stereocenters. The third-order valence-corrected chi connectivity index (χ3v) is 16.0. The van der Waals surface area contributed by atoms with Gasteiger partial charge >= 0.3 is 8.03 Å². The quantitative estimate of drug-likeness (QED) is 0.0770. The second-order valence-electron chi connectivity index (χ2n) is 19.8. The van der Waals surface area contributed by atoms with E-state index in [2.05, 4.69) is 267 Å². The van der Waals surface area contributed by atoms with Crippen molar-refractivity contribution in [3.05, 3.63) is 322 Å². The maximum absolute atomic E-state index is 10.3. The standard InChI is InChI=1S/4C18H11.C6H5O2P.Pd/c4*1-2-8-14-13(7-1)15-9-3-4-11-17(15)18-12-6-5-10-16(14)18;7-9(8)6-4-2-1-3-5-6;/h4*1-11H;1-5H;/q4*-1;;/p+1. The summed E-state index contributed by atoms with van der Waals surface area (Å²) < 4.78 is 10.3. The number of fused-ring (bicyclic) bond motifs is 24. The molecule has 2 nitrogen and oxygen atoms in total. The number of benzene rings is 17. The molecule has 0 spiro atoms. The number of hydrogen-bond acceptors (Lipinski definition) is 1. The summed E-state index contributed by atoms with van der Waals surface area (Å²) in [7, 11) is -2.15. The van der Waals surface area contributed by atoms with Crippen molar-refractivity contribution < 1.29 is 29.9 Å². The van der Waals surface area contributed by atoms with Gasteiger partial charge < -0.3 is 0 Å². The Kier molecular flexibility index (Phi) is 15.7. The van der Waals surface area contributed by atoms with Gasteiger partial charge in [-0.15, -0.1) is 140 Å². The molecule has 0 aliphatic carbocycles. The Hall–Kier alpha value is -9.42. The van der Waals surface area contributed by atoms with E-state index < -0.39 is 8.03 Å². The fraction of sp³-hybridized carbons (Fsp3) is 0. The van der Waals surface area contributed by atoms with Crippen molar-refractivity contribution in [3.63, 3.8) is 0 Å². The van der Waals surface area contributed by atoms with Crippen molar-refractivity contribution in [3.8, 4) is 0 Å². The first-order valence-corrected chi connectivity index (χ1v) is 28.3. The van der Waals surface area contributed by atoms with Gasteiger partial charge in [-0.05, 0) is 38.2 Å². The summed E-state index contributed by atoms with van der Waals surface area (Å²) >= 11 is 0. The molecule has 0 fully saturated rings. The van der Waals surface area contributed by atoms with Crippen LogP contribution in [0.2, 0.25) is 0 Å². The van der Waals surface area contributed by atoms with Crippen molar-refractivity contribution in [1.29, 1.82) is 0 Å². The minimum Gasteiger partial charge on any atom is -0.156 e. The van der Waals surface area contributed by atoms with Crippen LogP contribution < -0.4 is 5.30 Å². The smallest absolute Gasteiger partial charge is 0.156 e. The van der Waals surface area contributed by atoms with E-state index in [0.717, 1.165) is 0 Å². The molecule has 17 rings (SSSR count). The van der Waals surface area contributed by atoms with Crippen LogP contribution in [0, 0.1) is 24.3 Å². The van der Waals surface area contributed by atoms with Crippen molar-refractivity contribution in [1.82, 2.24) is 0 Å². The molecule has 0 heterocycles. The first-order valence-electron chi connectivity index (χ1n) is 27.1. The van der Waals surface area contributed by atoms with Gasteiger partial charge in [0.2, 0.25) is 5.30 Å². The van der Waals surface area contributed by atoms with E-state index in [4.69, 9.17) is 4.89 Å². The average molecular weight is 1160 g/mol. The maximum atomic E-state index is 10.3. The van der Waals surface area contributed by atoms with Crippen LogP contribution in [0.1, 0.15) is 0 Å². The Morgan fingerprint density at radius 2 is 0.354 bits per heavy atom. The maximum Gasteiger partial charge on any atom is 0.546 e. The first kappa shape index (κ1) is 53.2. The summed E-state index contributed by atoms with van der Waals surface area (Å²) in [5.74, 6) is 0. The third-order valence-electron chi connectivity index (χ3n) is 15.2. The molecule has 1 N–H and O–H groups in total. The minimum atomic E-state index is -2.15. The molecular weight excluding hydrogens is 1110 g/mol. The van der Waals surface area contributed by atoms with E-state index in [0.29, 0.717) is 5.30 Å². The zero-order valence-electron chi connectivity index (χ0n) is 44.4. The first-order chi connectivity index (χ1) is 40.1. The Balaban J connectivity index is 0.000000103. The van der Waals surface area contributed by atoms with Gasteiger partial charge in [-0.2, -0.15) is 4.89 Å². The van der Waals surface area contributed by atoms with Crippen LogP contribution in [-0.4, -0.2) is 4.89 Å². The summed E-state index contributed by atoms with van der Waals surface area (Å²) in [6.07, 6.45) is 0. The van der Waals surface area contributed by atoms with Gasteiger partial charge in [0, 0.05) is 20.4 Å². The fourth-order valence-electron chi connectivity index (χ4n) is 11.6. The molecule has 392 valence electrons. The van der Waals surface area contributed by atoms with Gasteiger partial charge in [-0.25, -0.2) is 0 Å². The van der Waals surface area contributed by atoms with E-state index in [1.807, 2.05) is 30.3 Å². The SMILES string of the molecule is O=[P+](O)c1ccccc1.[Pd].[c-]1cccc2c1c1ccccc1c1ccccc21.[c-]1cccc2c1c1ccccc1c1ccccc21.[c-]1cccc2c1c1ccccc1c1ccccc21.[c-]1cccc2c1c1ccccc1c1ccccc21. The Labute approximate surface area is 490 Å². The zero-order chi connectivity index (χ0) is 54.5. The van der Waals surface area contributed by atoms with Crippen LogP contribution in [0.4, 0.5) is 0 Å². The minimum absolute atomic E-state index is 0. The molecule has 0 amide bonds. The van der Waals surface area contributed by atoms with Crippen molar-refractivity contribution in [2.24, 2.45) is 0 Å². The van der Waals surface area contributed by atoms with Crippen LogP contribution in [0.5, 0.6) is 0 Å². The van der Waals surface area contributed by atoms with E-state index in [9.17, 15) is 4.57 Å². The molecule has 1 atom stereocenters. The summed E-state index contributed by atoms with van der Waals surface area (Å²) in [4.78, 5) is 8.53. The van der Waals surface area contributed by atoms with Crippen molar-refractivity contribution in [2.45, 2.75) is 0 Å². The van der Waals surface area contributed by atoms with Gasteiger partial charge in [0.1, 0.15) is 0 Å². The van der Waals surface area contributed by atoms with Crippen molar-refractivity contribution in [2.75, 3.05) is 0 Å². The normalized spacial score (nSPS) is 11.2. The molecule has 0 saturated heterocycles. The molecule has 4 heteroatoms. The molecule has 17 aromatic rings. The molecule has 0 aromatic heterocycles. The van der Waals surface area contributed by atoms with Gasteiger partial charge in [0.05, 0.1) is 0 Å². The van der Waals surface area contributed by atoms with Gasteiger partial charge in [-0.1, -0.05) is 277 Å². The third kappa shape index (κ3) is 10.3. The molecule has 17 aromatic carbocycles. The van der Waals surface area contributed by atoms with E-state index in [1.54, 1.807) is 24.3 Å². The van der Waals surface area contributed by atoms with Gasteiger partial charge in [0.15, 0.2) is 0 Å². The van der Waals surface area contributed by atoms with Crippen LogP contribution in [0.25, 0.3) is 129 Å². The van der Waals surface area contributed by atoms with Crippen LogP contribution in [0.3, 0.4) is 0 Å². The Bertz CT molecular complexity index is 3690. The van der Waals surface area contributed by atoms with Crippen LogP contribution >= 0.6 is 8.03 Å². The fourth-order valence-corrected chi connectivity index (χ4v) is 12.1. The molecule has 0 aliphatic rings. The molecular formula is C78H50O2PPd-3. The van der Waals surface area contributed by atoms with Crippen LogP contribution in [-0.2, 0) is 25.0 Å². The molecule has 82 heavy (non-hydrogen) atoms. The summed E-state index contributed by atoms with van der Waals surface area (Å²) in [5.41, 5.74) is 0. The Morgan fingerprint density at radius 1 is 0.207 bits per heavy atom. The summed E-state index contributed by atoms with van der Waals surface area (Å²) in [6.45, 7) is 0. The van der Waals surface area contributed by atoms with E-state index >= 15 is 0 Å². The van der Waals surface area contributed by atoms with Gasteiger partial charge in [-0.3, -0.25) is 0 Å². The number of hydrogen-bond donors (Lipinski definition) is 1. The predicted octanol–water partition coefficient (Wildman–Crippen LogP) is 20.8. The number of rotatable bonds is 1. The molecule has 0 bridgehead atoms. The monoisotopic (exact) mass is 1160 g/mol. The van der Waals surface area contributed by atoms with Gasteiger partial charge in [0.25, 0.3) is 0 Å². The molecule has 0 radical (unpaired) electrons. The topological polar surface area (TPSA) is 37.3 Å². The second-order valence-corrected chi connectivity index (χ2v) is 20.9. The second kappa shape index (κ2) is 24.1. The Morgan fingerprint density at radius 3 is 0.524 bits per heavy atom. The van der Waals surface area contributed by atoms with Crippen molar-refractivity contribution >= 4 is 143 Å².